The Kier molecular flexibility index (Phi) is 15.6. The van der Waals surface area contributed by atoms with E-state index in [1.807, 2.05) is 6.92 Å². The Labute approximate surface area is 116 Å². The van der Waals surface area contributed by atoms with Crippen molar-refractivity contribution in [1.29, 1.82) is 0 Å². The molecule has 0 spiro atoms. The van der Waals surface area contributed by atoms with Crippen LogP contribution in [0.1, 0.15) is 19.8 Å². The van der Waals surface area contributed by atoms with Gasteiger partial charge >= 0.3 is 0 Å². The summed E-state index contributed by atoms with van der Waals surface area (Å²) in [5.74, 6) is 0. The van der Waals surface area contributed by atoms with Crippen LogP contribution in [0.3, 0.4) is 0 Å². The highest BCUT2D eigenvalue weighted by Gasteiger charge is 2.02. The van der Waals surface area contributed by atoms with E-state index >= 15 is 0 Å². The van der Waals surface area contributed by atoms with E-state index in [9.17, 15) is 0 Å². The molecule has 0 aliphatic rings. The molecule has 116 valence electrons. The van der Waals surface area contributed by atoms with Crippen molar-refractivity contribution in [3.63, 3.8) is 0 Å². The smallest absolute Gasteiger partial charge is 0.0781 e. The molecule has 0 aliphatic heterocycles. The van der Waals surface area contributed by atoms with Crippen LogP contribution in [0.4, 0.5) is 0 Å². The van der Waals surface area contributed by atoms with Crippen LogP contribution in [0.25, 0.3) is 0 Å². The lowest BCUT2D eigenvalue weighted by Crippen LogP contribution is -2.20. The van der Waals surface area contributed by atoms with Crippen molar-refractivity contribution >= 4 is 0 Å². The minimum atomic E-state index is 0.0714. The maximum absolute atomic E-state index is 5.53. The van der Waals surface area contributed by atoms with Gasteiger partial charge in [0, 0.05) is 13.2 Å². The van der Waals surface area contributed by atoms with E-state index < -0.39 is 0 Å². The maximum atomic E-state index is 5.53. The first-order valence-corrected chi connectivity index (χ1v) is 7.06. The molecular formula is C13H30N2O4. The van der Waals surface area contributed by atoms with Crippen molar-refractivity contribution < 1.29 is 18.9 Å². The van der Waals surface area contributed by atoms with E-state index in [1.165, 1.54) is 0 Å². The molecule has 0 rings (SSSR count). The molecule has 0 aromatic carbocycles. The average molecular weight is 278 g/mol. The molecule has 4 N–H and O–H groups in total. The Hall–Kier alpha value is -0.240. The lowest BCUT2D eigenvalue weighted by atomic mass is 10.4. The lowest BCUT2D eigenvalue weighted by Gasteiger charge is -2.13. The summed E-state index contributed by atoms with van der Waals surface area (Å²) in [6.45, 7) is 7.67. The van der Waals surface area contributed by atoms with Gasteiger partial charge in [0.2, 0.25) is 0 Å². The first-order valence-electron chi connectivity index (χ1n) is 7.06. The standard InChI is InChI=1S/C13H30N2O4/c1-13(19-11-10-17-7-3-5-15)12-18-9-8-16-6-2-4-14/h13H,2-12,14-15H2,1H3. The zero-order chi connectivity index (χ0) is 14.2. The molecule has 1 unspecified atom stereocenters. The topological polar surface area (TPSA) is 89.0 Å². The fourth-order valence-corrected chi connectivity index (χ4v) is 1.30. The molecule has 0 aromatic heterocycles. The third-order valence-corrected chi connectivity index (χ3v) is 2.34. The molecule has 0 aliphatic carbocycles. The zero-order valence-electron chi connectivity index (χ0n) is 12.1. The zero-order valence-corrected chi connectivity index (χ0v) is 12.1. The summed E-state index contributed by atoms with van der Waals surface area (Å²) in [4.78, 5) is 0. The Balaban J connectivity index is 3.10. The summed E-state index contributed by atoms with van der Waals surface area (Å²) >= 11 is 0. The number of nitrogens with two attached hydrogens (primary N) is 2. The maximum Gasteiger partial charge on any atom is 0.0781 e. The summed E-state index contributed by atoms with van der Waals surface area (Å²) in [5.41, 5.74) is 10.7. The van der Waals surface area contributed by atoms with Crippen LogP contribution in [0.2, 0.25) is 0 Å². The first-order chi connectivity index (χ1) is 9.31. The highest BCUT2D eigenvalue weighted by Crippen LogP contribution is 1.93. The third-order valence-electron chi connectivity index (χ3n) is 2.34. The van der Waals surface area contributed by atoms with Crippen molar-refractivity contribution in [1.82, 2.24) is 0 Å². The molecule has 0 heterocycles. The highest BCUT2D eigenvalue weighted by atomic mass is 16.6. The molecule has 0 saturated carbocycles. The Bertz CT molecular complexity index is 173. The average Bonchev–Trinajstić information content (AvgIpc) is 2.41. The Morgan fingerprint density at radius 2 is 1.26 bits per heavy atom. The van der Waals surface area contributed by atoms with Gasteiger partial charge in [0.05, 0.1) is 39.1 Å². The fourth-order valence-electron chi connectivity index (χ4n) is 1.30. The number of hydrogen-bond acceptors (Lipinski definition) is 6. The molecule has 0 fully saturated rings. The Morgan fingerprint density at radius 1 is 0.737 bits per heavy atom. The van der Waals surface area contributed by atoms with Crippen LogP contribution >= 0.6 is 0 Å². The summed E-state index contributed by atoms with van der Waals surface area (Å²) in [5, 5.41) is 0. The van der Waals surface area contributed by atoms with E-state index in [4.69, 9.17) is 30.4 Å². The second kappa shape index (κ2) is 15.8. The van der Waals surface area contributed by atoms with E-state index in [2.05, 4.69) is 0 Å². The lowest BCUT2D eigenvalue weighted by molar-refractivity contribution is -0.0398. The van der Waals surface area contributed by atoms with Gasteiger partial charge in [-0.15, -0.1) is 0 Å². The fraction of sp³-hybridized carbons (Fsp3) is 1.00. The summed E-state index contributed by atoms with van der Waals surface area (Å²) in [6.07, 6.45) is 1.86. The van der Waals surface area contributed by atoms with Crippen molar-refractivity contribution in [2.24, 2.45) is 11.5 Å². The predicted octanol–water partition coefficient (Wildman–Crippen LogP) is 0.139. The predicted molar refractivity (Wildman–Crippen MR) is 75.2 cm³/mol. The molecule has 0 amide bonds. The molecule has 19 heavy (non-hydrogen) atoms. The van der Waals surface area contributed by atoms with Crippen LogP contribution in [0, 0.1) is 0 Å². The summed E-state index contributed by atoms with van der Waals surface area (Å²) in [7, 11) is 0. The van der Waals surface area contributed by atoms with Gasteiger partial charge in [-0.3, -0.25) is 0 Å². The van der Waals surface area contributed by atoms with Gasteiger partial charge in [-0.1, -0.05) is 0 Å². The normalized spacial score (nSPS) is 12.8. The second-order valence-electron chi connectivity index (χ2n) is 4.27. The number of hydrogen-bond donors (Lipinski definition) is 2. The molecule has 0 radical (unpaired) electrons. The van der Waals surface area contributed by atoms with Crippen molar-refractivity contribution in [3.05, 3.63) is 0 Å². The summed E-state index contributed by atoms with van der Waals surface area (Å²) in [6, 6.07) is 0. The van der Waals surface area contributed by atoms with Gasteiger partial charge in [0.25, 0.3) is 0 Å². The second-order valence-corrected chi connectivity index (χ2v) is 4.27. The number of rotatable bonds is 15. The largest absolute Gasteiger partial charge is 0.379 e. The van der Waals surface area contributed by atoms with E-state index in [0.29, 0.717) is 59.3 Å². The van der Waals surface area contributed by atoms with E-state index in [1.54, 1.807) is 0 Å². The SMILES string of the molecule is CC(COCCOCCCN)OCCOCCCN. The minimum absolute atomic E-state index is 0.0714. The van der Waals surface area contributed by atoms with E-state index in [-0.39, 0.29) is 6.10 Å². The monoisotopic (exact) mass is 278 g/mol. The molecule has 0 saturated heterocycles. The van der Waals surface area contributed by atoms with Gasteiger partial charge in [0.1, 0.15) is 0 Å². The molecule has 0 bridgehead atoms. The Morgan fingerprint density at radius 3 is 1.84 bits per heavy atom. The van der Waals surface area contributed by atoms with Gasteiger partial charge in [0.15, 0.2) is 0 Å². The van der Waals surface area contributed by atoms with Gasteiger partial charge in [-0.2, -0.15) is 0 Å². The van der Waals surface area contributed by atoms with Crippen LogP contribution in [-0.2, 0) is 18.9 Å². The first kappa shape index (κ1) is 18.8. The van der Waals surface area contributed by atoms with Crippen molar-refractivity contribution in [2.75, 3.05) is 59.3 Å². The highest BCUT2D eigenvalue weighted by molar-refractivity contribution is 4.47. The van der Waals surface area contributed by atoms with Gasteiger partial charge < -0.3 is 30.4 Å². The molecular weight excluding hydrogens is 248 g/mol. The van der Waals surface area contributed by atoms with Gasteiger partial charge in [-0.25, -0.2) is 0 Å². The van der Waals surface area contributed by atoms with Crippen molar-refractivity contribution in [2.45, 2.75) is 25.9 Å². The van der Waals surface area contributed by atoms with Crippen LogP contribution in [-0.4, -0.2) is 65.4 Å². The third kappa shape index (κ3) is 15.7. The quantitative estimate of drug-likeness (QED) is 0.414. The van der Waals surface area contributed by atoms with E-state index in [0.717, 1.165) is 12.8 Å². The summed E-state index contributed by atoms with van der Waals surface area (Å²) < 4.78 is 21.6. The molecule has 0 aromatic rings. The van der Waals surface area contributed by atoms with Gasteiger partial charge in [-0.05, 0) is 32.9 Å². The number of ether oxygens (including phenoxy) is 4. The minimum Gasteiger partial charge on any atom is -0.379 e. The van der Waals surface area contributed by atoms with Crippen LogP contribution < -0.4 is 11.5 Å². The van der Waals surface area contributed by atoms with Crippen molar-refractivity contribution in [3.8, 4) is 0 Å². The molecule has 6 heteroatoms. The molecule has 6 nitrogen and oxygen atoms in total. The van der Waals surface area contributed by atoms with Crippen LogP contribution in [0.15, 0.2) is 0 Å². The van der Waals surface area contributed by atoms with Crippen LogP contribution in [0.5, 0.6) is 0 Å². The molecule has 1 atom stereocenters.